The van der Waals surface area contributed by atoms with E-state index in [-0.39, 0.29) is 18.2 Å². The van der Waals surface area contributed by atoms with Gasteiger partial charge in [-0.25, -0.2) is 4.99 Å². The Hall–Kier alpha value is -3.49. The summed E-state index contributed by atoms with van der Waals surface area (Å²) in [6, 6.07) is 9.52. The number of methoxy groups -OCH3 is 3. The van der Waals surface area contributed by atoms with E-state index in [9.17, 15) is 10.1 Å². The number of nitro groups is 1. The van der Waals surface area contributed by atoms with Gasteiger partial charge < -0.3 is 25.3 Å². The quantitative estimate of drug-likeness (QED) is 0.337. The summed E-state index contributed by atoms with van der Waals surface area (Å²) in [5.41, 5.74) is 7.07. The van der Waals surface area contributed by atoms with Crippen LogP contribution >= 0.6 is 0 Å². The second kappa shape index (κ2) is 8.56. The van der Waals surface area contributed by atoms with Crippen molar-refractivity contribution >= 4 is 17.3 Å². The lowest BCUT2D eigenvalue weighted by Crippen LogP contribution is -2.22. The van der Waals surface area contributed by atoms with Gasteiger partial charge >= 0.3 is 0 Å². The average molecular weight is 360 g/mol. The van der Waals surface area contributed by atoms with Crippen molar-refractivity contribution in [2.45, 2.75) is 6.54 Å². The molecule has 0 amide bonds. The Bertz CT molecular complexity index is 823. The number of anilines is 1. The minimum absolute atomic E-state index is 0.0394. The van der Waals surface area contributed by atoms with Crippen molar-refractivity contribution in [2.24, 2.45) is 10.7 Å². The van der Waals surface area contributed by atoms with Gasteiger partial charge in [-0.1, -0.05) is 0 Å². The number of guanidine groups is 1. The topological polar surface area (TPSA) is 121 Å². The van der Waals surface area contributed by atoms with E-state index in [0.717, 1.165) is 0 Å². The fraction of sp³-hybridized carbons (Fsp3) is 0.235. The van der Waals surface area contributed by atoms with Crippen molar-refractivity contribution in [3.63, 3.8) is 0 Å². The monoisotopic (exact) mass is 360 g/mol. The molecule has 0 atom stereocenters. The first-order chi connectivity index (χ1) is 12.5. The highest BCUT2D eigenvalue weighted by Gasteiger charge is 2.11. The molecule has 0 spiro atoms. The number of nitro benzene ring substituents is 1. The van der Waals surface area contributed by atoms with E-state index in [1.807, 2.05) is 0 Å². The van der Waals surface area contributed by atoms with Gasteiger partial charge in [0.05, 0.1) is 32.8 Å². The summed E-state index contributed by atoms with van der Waals surface area (Å²) in [6.45, 7) is 0.122. The largest absolute Gasteiger partial charge is 0.496 e. The lowest BCUT2D eigenvalue weighted by molar-refractivity contribution is -0.384. The third-order valence-electron chi connectivity index (χ3n) is 3.55. The predicted molar refractivity (Wildman–Crippen MR) is 98.1 cm³/mol. The molecule has 2 rings (SSSR count). The Morgan fingerprint density at radius 2 is 1.73 bits per heavy atom. The summed E-state index contributed by atoms with van der Waals surface area (Å²) in [6.07, 6.45) is 0. The van der Waals surface area contributed by atoms with E-state index in [4.69, 9.17) is 19.9 Å². The number of nitrogens with two attached hydrogens (primary N) is 1. The predicted octanol–water partition coefficient (Wildman–Crippen LogP) is 2.55. The van der Waals surface area contributed by atoms with Crippen LogP contribution in [0.5, 0.6) is 17.2 Å². The maximum atomic E-state index is 10.9. The normalized spacial score (nSPS) is 11.0. The number of non-ortho nitro benzene ring substituents is 1. The van der Waals surface area contributed by atoms with Crippen molar-refractivity contribution in [3.05, 3.63) is 52.1 Å². The Balaban J connectivity index is 2.16. The van der Waals surface area contributed by atoms with E-state index in [1.54, 1.807) is 25.3 Å². The molecule has 26 heavy (non-hydrogen) atoms. The third kappa shape index (κ3) is 4.53. The molecule has 9 heteroatoms. The van der Waals surface area contributed by atoms with Gasteiger partial charge in [-0.2, -0.15) is 0 Å². The van der Waals surface area contributed by atoms with Crippen molar-refractivity contribution in [3.8, 4) is 17.2 Å². The molecular weight excluding hydrogens is 340 g/mol. The van der Waals surface area contributed by atoms with Crippen LogP contribution in [0.2, 0.25) is 0 Å². The van der Waals surface area contributed by atoms with Crippen LogP contribution in [-0.4, -0.2) is 32.2 Å². The number of nitrogens with zero attached hydrogens (tertiary/aromatic N) is 2. The fourth-order valence-corrected chi connectivity index (χ4v) is 2.27. The summed E-state index contributed by atoms with van der Waals surface area (Å²) in [4.78, 5) is 14.6. The van der Waals surface area contributed by atoms with E-state index in [1.165, 1.54) is 32.4 Å². The van der Waals surface area contributed by atoms with Gasteiger partial charge in [0.25, 0.3) is 5.69 Å². The molecular formula is C17H20N4O5. The van der Waals surface area contributed by atoms with Gasteiger partial charge in [0.1, 0.15) is 5.75 Å². The minimum Gasteiger partial charge on any atom is -0.496 e. The maximum absolute atomic E-state index is 10.9. The Morgan fingerprint density at radius 3 is 2.35 bits per heavy atom. The Kier molecular flexibility index (Phi) is 6.20. The summed E-state index contributed by atoms with van der Waals surface area (Å²) < 4.78 is 15.6. The maximum Gasteiger partial charge on any atom is 0.270 e. The molecule has 3 N–H and O–H groups in total. The standard InChI is InChI=1S/C17H20N4O5/c1-24-14-7-5-13(21(22)23)8-11(14)10-19-17(18)20-12-4-6-15(25-2)16(9-12)26-3/h4-9H,10H2,1-3H3,(H3,18,19,20). The molecule has 0 aliphatic carbocycles. The van der Waals surface area contributed by atoms with Crippen molar-refractivity contribution in [1.82, 2.24) is 0 Å². The first kappa shape index (κ1) is 18.8. The molecule has 0 aliphatic heterocycles. The van der Waals surface area contributed by atoms with Crippen molar-refractivity contribution in [1.29, 1.82) is 0 Å². The zero-order valence-corrected chi connectivity index (χ0v) is 14.7. The number of aliphatic imine (C=N–C) groups is 1. The zero-order chi connectivity index (χ0) is 19.1. The summed E-state index contributed by atoms with van der Waals surface area (Å²) in [7, 11) is 4.57. The Labute approximate surface area is 150 Å². The van der Waals surface area contributed by atoms with Crippen LogP contribution in [0.4, 0.5) is 11.4 Å². The van der Waals surface area contributed by atoms with Crippen LogP contribution in [-0.2, 0) is 6.54 Å². The summed E-state index contributed by atoms with van der Waals surface area (Å²) >= 11 is 0. The van der Waals surface area contributed by atoms with E-state index in [0.29, 0.717) is 28.5 Å². The van der Waals surface area contributed by atoms with Crippen LogP contribution in [0.3, 0.4) is 0 Å². The van der Waals surface area contributed by atoms with E-state index in [2.05, 4.69) is 10.3 Å². The zero-order valence-electron chi connectivity index (χ0n) is 14.7. The van der Waals surface area contributed by atoms with E-state index >= 15 is 0 Å². The molecule has 0 saturated heterocycles. The highest BCUT2D eigenvalue weighted by Crippen LogP contribution is 2.29. The van der Waals surface area contributed by atoms with Gasteiger partial charge in [-0.15, -0.1) is 0 Å². The van der Waals surface area contributed by atoms with E-state index < -0.39 is 4.92 Å². The minimum atomic E-state index is -0.474. The molecule has 0 saturated carbocycles. The molecule has 9 nitrogen and oxygen atoms in total. The molecule has 0 fully saturated rings. The molecule has 2 aromatic carbocycles. The molecule has 0 heterocycles. The highest BCUT2D eigenvalue weighted by molar-refractivity contribution is 5.92. The number of ether oxygens (including phenoxy) is 3. The summed E-state index contributed by atoms with van der Waals surface area (Å²) in [5.74, 6) is 1.78. The lowest BCUT2D eigenvalue weighted by atomic mass is 10.2. The molecule has 2 aromatic rings. The molecule has 0 radical (unpaired) electrons. The SMILES string of the molecule is COc1ccc([N+](=O)[O-])cc1CN=C(N)Nc1ccc(OC)c(OC)c1. The van der Waals surface area contributed by atoms with Gasteiger partial charge in [0.2, 0.25) is 0 Å². The first-order valence-corrected chi connectivity index (χ1v) is 7.58. The number of rotatable bonds is 7. The summed E-state index contributed by atoms with van der Waals surface area (Å²) in [5, 5.41) is 13.8. The number of benzene rings is 2. The smallest absolute Gasteiger partial charge is 0.270 e. The van der Waals surface area contributed by atoms with Crippen LogP contribution in [0.15, 0.2) is 41.4 Å². The van der Waals surface area contributed by atoms with Crippen molar-refractivity contribution < 1.29 is 19.1 Å². The molecule has 0 aromatic heterocycles. The third-order valence-corrected chi connectivity index (χ3v) is 3.55. The number of hydrogen-bond donors (Lipinski definition) is 2. The number of nitrogens with one attached hydrogen (secondary N) is 1. The van der Waals surface area contributed by atoms with Crippen molar-refractivity contribution in [2.75, 3.05) is 26.6 Å². The number of hydrogen-bond acceptors (Lipinski definition) is 6. The van der Waals surface area contributed by atoms with Gasteiger partial charge in [0, 0.05) is 29.4 Å². The van der Waals surface area contributed by atoms with Gasteiger partial charge in [0.15, 0.2) is 17.5 Å². The molecule has 0 bridgehead atoms. The molecule has 138 valence electrons. The van der Waals surface area contributed by atoms with Crippen LogP contribution in [0, 0.1) is 10.1 Å². The molecule has 0 aliphatic rings. The van der Waals surface area contributed by atoms with Crippen LogP contribution < -0.4 is 25.3 Å². The fourth-order valence-electron chi connectivity index (χ4n) is 2.27. The lowest BCUT2D eigenvalue weighted by Gasteiger charge is -2.11. The first-order valence-electron chi connectivity index (χ1n) is 7.58. The second-order valence-corrected chi connectivity index (χ2v) is 5.15. The van der Waals surface area contributed by atoms with Gasteiger partial charge in [-0.05, 0) is 18.2 Å². The van der Waals surface area contributed by atoms with Crippen LogP contribution in [0.1, 0.15) is 5.56 Å². The average Bonchev–Trinajstić information content (AvgIpc) is 2.65. The Morgan fingerprint density at radius 1 is 1.08 bits per heavy atom. The highest BCUT2D eigenvalue weighted by atomic mass is 16.6. The van der Waals surface area contributed by atoms with Gasteiger partial charge in [-0.3, -0.25) is 10.1 Å². The van der Waals surface area contributed by atoms with Crippen LogP contribution in [0.25, 0.3) is 0 Å². The molecule has 0 unspecified atom stereocenters. The second-order valence-electron chi connectivity index (χ2n) is 5.15.